The number of nitrogens with zero attached hydrogens (tertiary/aromatic N) is 2. The van der Waals surface area contributed by atoms with E-state index >= 15 is 0 Å². The van der Waals surface area contributed by atoms with E-state index in [1.165, 1.54) is 6.07 Å². The summed E-state index contributed by atoms with van der Waals surface area (Å²) in [6.45, 7) is 2.65. The van der Waals surface area contributed by atoms with Gasteiger partial charge in [-0.05, 0) is 18.2 Å². The molecular weight excluding hydrogens is 381 g/mol. The Bertz CT molecular complexity index is 854. The van der Waals surface area contributed by atoms with Gasteiger partial charge < -0.3 is 15.0 Å². The van der Waals surface area contributed by atoms with Crippen molar-refractivity contribution in [3.8, 4) is 0 Å². The molecule has 0 aliphatic carbocycles. The second-order valence-electron chi connectivity index (χ2n) is 5.62. The summed E-state index contributed by atoms with van der Waals surface area (Å²) in [5.74, 6) is -0.507. The summed E-state index contributed by atoms with van der Waals surface area (Å²) in [6, 6.07) is 9.78. The third-order valence-corrected chi connectivity index (χ3v) is 4.76. The normalized spacial score (nSPS) is 14.2. The molecule has 1 aliphatic heterocycles. The molecule has 0 saturated carbocycles. The molecule has 0 aromatic heterocycles. The largest absolute Gasteiger partial charge is 0.378 e. The average Bonchev–Trinajstić information content (AvgIpc) is 2.64. The van der Waals surface area contributed by atoms with Gasteiger partial charge in [-0.2, -0.15) is 0 Å². The fraction of sp³-hybridized carbons (Fsp3) is 0.235. The van der Waals surface area contributed by atoms with Gasteiger partial charge >= 0.3 is 0 Å². The smallest absolute Gasteiger partial charge is 0.290 e. The van der Waals surface area contributed by atoms with Crippen LogP contribution in [0.15, 0.2) is 36.4 Å². The maximum absolute atomic E-state index is 12.6. The van der Waals surface area contributed by atoms with E-state index in [1.54, 1.807) is 12.1 Å². The number of halogens is 2. The number of nitro groups is 1. The van der Waals surface area contributed by atoms with Gasteiger partial charge in [0, 0.05) is 24.7 Å². The topological polar surface area (TPSA) is 84.7 Å². The van der Waals surface area contributed by atoms with Crippen molar-refractivity contribution >= 4 is 46.2 Å². The highest BCUT2D eigenvalue weighted by molar-refractivity contribution is 6.43. The Balaban J connectivity index is 1.88. The predicted octanol–water partition coefficient (Wildman–Crippen LogP) is 3.99. The third kappa shape index (κ3) is 3.90. The molecule has 1 N–H and O–H groups in total. The lowest BCUT2D eigenvalue weighted by atomic mass is 10.1. The van der Waals surface area contributed by atoms with Gasteiger partial charge in [0.15, 0.2) is 0 Å². The number of carbonyl (C=O) groups excluding carboxylic acids is 1. The van der Waals surface area contributed by atoms with Gasteiger partial charge in [-0.3, -0.25) is 14.9 Å². The first-order valence-electron chi connectivity index (χ1n) is 7.84. The number of hydrogen-bond donors (Lipinski definition) is 1. The molecule has 3 rings (SSSR count). The second-order valence-corrected chi connectivity index (χ2v) is 6.40. The molecule has 0 bridgehead atoms. The molecule has 1 fully saturated rings. The highest BCUT2D eigenvalue weighted by atomic mass is 35.5. The minimum atomic E-state index is -0.674. The lowest BCUT2D eigenvalue weighted by Crippen LogP contribution is -2.36. The maximum atomic E-state index is 12.6. The van der Waals surface area contributed by atoms with Gasteiger partial charge in [-0.15, -0.1) is 0 Å². The number of morpholine rings is 1. The zero-order valence-corrected chi connectivity index (χ0v) is 15.1. The Morgan fingerprint density at radius 3 is 2.58 bits per heavy atom. The Morgan fingerprint density at radius 1 is 1.19 bits per heavy atom. The minimum Gasteiger partial charge on any atom is -0.378 e. The van der Waals surface area contributed by atoms with Crippen molar-refractivity contribution in [1.29, 1.82) is 0 Å². The number of rotatable bonds is 4. The molecule has 26 heavy (non-hydrogen) atoms. The molecule has 0 radical (unpaired) electrons. The van der Waals surface area contributed by atoms with Gasteiger partial charge in [-0.25, -0.2) is 0 Å². The number of amides is 1. The Kier molecular flexibility index (Phi) is 5.61. The second kappa shape index (κ2) is 7.90. The van der Waals surface area contributed by atoms with E-state index < -0.39 is 16.5 Å². The summed E-state index contributed by atoms with van der Waals surface area (Å²) >= 11 is 11.8. The molecule has 1 amide bonds. The first-order valence-corrected chi connectivity index (χ1v) is 8.59. The quantitative estimate of drug-likeness (QED) is 0.624. The summed E-state index contributed by atoms with van der Waals surface area (Å²) in [7, 11) is 0. The van der Waals surface area contributed by atoms with Crippen molar-refractivity contribution in [2.24, 2.45) is 0 Å². The van der Waals surface area contributed by atoms with Gasteiger partial charge in [0.25, 0.3) is 11.6 Å². The van der Waals surface area contributed by atoms with E-state index in [4.69, 9.17) is 27.9 Å². The summed E-state index contributed by atoms with van der Waals surface area (Å²) in [4.78, 5) is 25.1. The van der Waals surface area contributed by atoms with Crippen molar-refractivity contribution in [2.75, 3.05) is 36.5 Å². The van der Waals surface area contributed by atoms with Crippen LogP contribution < -0.4 is 10.2 Å². The molecule has 136 valence electrons. The van der Waals surface area contributed by atoms with E-state index in [1.807, 2.05) is 12.1 Å². The Morgan fingerprint density at radius 2 is 1.88 bits per heavy atom. The first kappa shape index (κ1) is 18.4. The third-order valence-electron chi connectivity index (χ3n) is 3.97. The summed E-state index contributed by atoms with van der Waals surface area (Å²) < 4.78 is 5.35. The number of nitro benzene ring substituents is 1. The van der Waals surface area contributed by atoms with E-state index in [0.717, 1.165) is 11.8 Å². The zero-order valence-electron chi connectivity index (χ0n) is 13.6. The number of carbonyl (C=O) groups is 1. The Hall–Kier alpha value is -2.35. The lowest BCUT2D eigenvalue weighted by Gasteiger charge is -2.30. The standard InChI is InChI=1S/C17H15Cl2N3O4/c18-12-9-11(10-15(16(12)19)22(24)25)17(23)20-13-3-1-2-4-14(13)21-5-7-26-8-6-21/h1-4,9-10H,5-8H2,(H,20,23). The van der Waals surface area contributed by atoms with E-state index in [9.17, 15) is 14.9 Å². The van der Waals surface area contributed by atoms with Crippen LogP contribution in [-0.4, -0.2) is 37.1 Å². The van der Waals surface area contributed by atoms with E-state index in [0.29, 0.717) is 32.0 Å². The van der Waals surface area contributed by atoms with Crippen LogP contribution in [0.2, 0.25) is 10.0 Å². The molecule has 2 aromatic carbocycles. The van der Waals surface area contributed by atoms with Crippen molar-refractivity contribution in [2.45, 2.75) is 0 Å². The SMILES string of the molecule is O=C(Nc1ccccc1N1CCOCC1)c1cc(Cl)c(Cl)c([N+](=O)[O-])c1. The van der Waals surface area contributed by atoms with Crippen LogP contribution in [0.25, 0.3) is 0 Å². The first-order chi connectivity index (χ1) is 12.5. The molecular formula is C17H15Cl2N3O4. The number of nitrogens with one attached hydrogen (secondary N) is 1. The molecule has 1 saturated heterocycles. The highest BCUT2D eigenvalue weighted by Crippen LogP contribution is 2.34. The summed E-state index contributed by atoms with van der Waals surface area (Å²) in [5, 5.41) is 13.6. The van der Waals surface area contributed by atoms with Crippen LogP contribution >= 0.6 is 23.2 Å². The Labute approximate surface area is 159 Å². The number of hydrogen-bond acceptors (Lipinski definition) is 5. The van der Waals surface area contributed by atoms with Crippen LogP contribution in [0.4, 0.5) is 17.1 Å². The molecule has 7 nitrogen and oxygen atoms in total. The fourth-order valence-electron chi connectivity index (χ4n) is 2.69. The molecule has 2 aromatic rings. The summed E-state index contributed by atoms with van der Waals surface area (Å²) in [6.07, 6.45) is 0. The molecule has 0 spiro atoms. The number of anilines is 2. The van der Waals surface area contributed by atoms with Crippen molar-refractivity contribution in [3.05, 3.63) is 62.1 Å². The van der Waals surface area contributed by atoms with Crippen LogP contribution in [0.5, 0.6) is 0 Å². The van der Waals surface area contributed by atoms with Crippen LogP contribution in [0.1, 0.15) is 10.4 Å². The summed E-state index contributed by atoms with van der Waals surface area (Å²) in [5.41, 5.74) is 1.11. The highest BCUT2D eigenvalue weighted by Gasteiger charge is 2.21. The minimum absolute atomic E-state index is 0.0486. The van der Waals surface area contributed by atoms with Crippen molar-refractivity contribution < 1.29 is 14.5 Å². The van der Waals surface area contributed by atoms with E-state index in [2.05, 4.69) is 10.2 Å². The van der Waals surface area contributed by atoms with Gasteiger partial charge in [0.05, 0.1) is 34.5 Å². The van der Waals surface area contributed by atoms with Crippen molar-refractivity contribution in [3.63, 3.8) is 0 Å². The molecule has 0 unspecified atom stereocenters. The molecule has 0 atom stereocenters. The average molecular weight is 396 g/mol. The number of ether oxygens (including phenoxy) is 1. The number of benzene rings is 2. The fourth-order valence-corrected chi connectivity index (χ4v) is 3.08. The number of para-hydroxylation sites is 2. The van der Waals surface area contributed by atoms with Crippen LogP contribution in [0, 0.1) is 10.1 Å². The molecule has 1 heterocycles. The van der Waals surface area contributed by atoms with Crippen LogP contribution in [-0.2, 0) is 4.74 Å². The maximum Gasteiger partial charge on any atom is 0.290 e. The zero-order chi connectivity index (χ0) is 18.7. The predicted molar refractivity (Wildman–Crippen MR) is 101 cm³/mol. The van der Waals surface area contributed by atoms with E-state index in [-0.39, 0.29) is 15.6 Å². The molecule has 9 heteroatoms. The van der Waals surface area contributed by atoms with Gasteiger partial charge in [-0.1, -0.05) is 35.3 Å². The van der Waals surface area contributed by atoms with Gasteiger partial charge in [0.1, 0.15) is 5.02 Å². The van der Waals surface area contributed by atoms with Crippen molar-refractivity contribution in [1.82, 2.24) is 0 Å². The molecule has 1 aliphatic rings. The monoisotopic (exact) mass is 395 g/mol. The van der Waals surface area contributed by atoms with Gasteiger partial charge in [0.2, 0.25) is 0 Å². The lowest BCUT2D eigenvalue weighted by molar-refractivity contribution is -0.384. The van der Waals surface area contributed by atoms with Crippen LogP contribution in [0.3, 0.4) is 0 Å².